The molecule has 1 saturated carbocycles. The number of rotatable bonds is 6. The molecule has 0 spiro atoms. The van der Waals surface area contributed by atoms with Crippen LogP contribution >= 0.6 is 0 Å². The van der Waals surface area contributed by atoms with Crippen LogP contribution < -0.4 is 5.32 Å². The first-order valence-electron chi connectivity index (χ1n) is 7.11. The van der Waals surface area contributed by atoms with Gasteiger partial charge in [0, 0.05) is 19.7 Å². The molecule has 2 nitrogen and oxygen atoms in total. The molecule has 0 aliphatic heterocycles. The number of aliphatic hydroxyl groups is 1. The Hall–Kier alpha value is -1.38. The monoisotopic (exact) mass is 255 g/mol. The van der Waals surface area contributed by atoms with Crippen LogP contribution in [0.15, 0.2) is 42.5 Å². The van der Waals surface area contributed by atoms with Gasteiger partial charge in [0.05, 0.1) is 0 Å². The quantitative estimate of drug-likeness (QED) is 0.831. The molecule has 0 unspecified atom stereocenters. The number of benzene rings is 2. The van der Waals surface area contributed by atoms with Crippen LogP contribution in [0.25, 0.3) is 10.8 Å². The van der Waals surface area contributed by atoms with Gasteiger partial charge >= 0.3 is 0 Å². The summed E-state index contributed by atoms with van der Waals surface area (Å²) in [4.78, 5) is 0. The van der Waals surface area contributed by atoms with Gasteiger partial charge < -0.3 is 10.4 Å². The SMILES string of the molecule is OCCC1(CNCc2cccc3ccccc23)CC1. The smallest absolute Gasteiger partial charge is 0.0436 e. The summed E-state index contributed by atoms with van der Waals surface area (Å²) in [6, 6.07) is 15.0. The molecule has 0 radical (unpaired) electrons. The molecule has 2 N–H and O–H groups in total. The fourth-order valence-corrected chi connectivity index (χ4v) is 2.84. The van der Waals surface area contributed by atoms with Crippen molar-refractivity contribution in [3.63, 3.8) is 0 Å². The highest BCUT2D eigenvalue weighted by molar-refractivity contribution is 5.85. The van der Waals surface area contributed by atoms with Gasteiger partial charge in [-0.15, -0.1) is 0 Å². The number of hydrogen-bond acceptors (Lipinski definition) is 2. The molecule has 0 aromatic heterocycles. The van der Waals surface area contributed by atoms with Crippen molar-refractivity contribution in [1.29, 1.82) is 0 Å². The van der Waals surface area contributed by atoms with Crippen molar-refractivity contribution in [2.24, 2.45) is 5.41 Å². The highest BCUT2D eigenvalue weighted by Gasteiger charge is 2.41. The maximum absolute atomic E-state index is 9.07. The van der Waals surface area contributed by atoms with Crippen LogP contribution in [-0.4, -0.2) is 18.3 Å². The second kappa shape index (κ2) is 5.32. The molecule has 0 amide bonds. The summed E-state index contributed by atoms with van der Waals surface area (Å²) < 4.78 is 0. The Morgan fingerprint density at radius 1 is 1.05 bits per heavy atom. The zero-order valence-corrected chi connectivity index (χ0v) is 11.2. The second-order valence-electron chi connectivity index (χ2n) is 5.72. The number of aliphatic hydroxyl groups excluding tert-OH is 1. The minimum atomic E-state index is 0.315. The van der Waals surface area contributed by atoms with Gasteiger partial charge in [-0.25, -0.2) is 0 Å². The molecule has 0 saturated heterocycles. The van der Waals surface area contributed by atoms with E-state index in [-0.39, 0.29) is 0 Å². The average Bonchev–Trinajstić information content (AvgIpc) is 3.19. The van der Waals surface area contributed by atoms with Crippen molar-refractivity contribution in [3.05, 3.63) is 48.0 Å². The van der Waals surface area contributed by atoms with Gasteiger partial charge in [0.1, 0.15) is 0 Å². The molecule has 1 fully saturated rings. The van der Waals surface area contributed by atoms with Crippen molar-refractivity contribution < 1.29 is 5.11 Å². The summed E-state index contributed by atoms with van der Waals surface area (Å²) in [5.41, 5.74) is 1.75. The van der Waals surface area contributed by atoms with E-state index in [1.807, 2.05) is 0 Å². The summed E-state index contributed by atoms with van der Waals surface area (Å²) in [7, 11) is 0. The maximum Gasteiger partial charge on any atom is 0.0436 e. The molecular weight excluding hydrogens is 234 g/mol. The third-order valence-corrected chi connectivity index (χ3v) is 4.29. The van der Waals surface area contributed by atoms with Crippen LogP contribution in [0.5, 0.6) is 0 Å². The van der Waals surface area contributed by atoms with Gasteiger partial charge in [-0.1, -0.05) is 42.5 Å². The van der Waals surface area contributed by atoms with Gasteiger partial charge in [-0.3, -0.25) is 0 Å². The lowest BCUT2D eigenvalue weighted by Crippen LogP contribution is -2.24. The molecule has 1 aliphatic rings. The van der Waals surface area contributed by atoms with Gasteiger partial charge in [0.2, 0.25) is 0 Å². The summed E-state index contributed by atoms with van der Waals surface area (Å²) >= 11 is 0. The standard InChI is InChI=1S/C17H21NO/c19-11-10-17(8-9-17)13-18-12-15-6-3-5-14-4-1-2-7-16(14)15/h1-7,18-19H,8-13H2. The van der Waals surface area contributed by atoms with Crippen molar-refractivity contribution >= 4 is 10.8 Å². The van der Waals surface area contributed by atoms with Crippen molar-refractivity contribution in [2.75, 3.05) is 13.2 Å². The fourth-order valence-electron chi connectivity index (χ4n) is 2.84. The van der Waals surface area contributed by atoms with E-state index in [4.69, 9.17) is 5.11 Å². The first-order valence-corrected chi connectivity index (χ1v) is 7.11. The van der Waals surface area contributed by atoms with E-state index in [1.54, 1.807) is 0 Å². The third-order valence-electron chi connectivity index (χ3n) is 4.29. The molecular formula is C17H21NO. The number of hydrogen-bond donors (Lipinski definition) is 2. The van der Waals surface area contributed by atoms with Crippen LogP contribution in [0, 0.1) is 5.41 Å². The molecule has 2 heteroatoms. The van der Waals surface area contributed by atoms with Crippen molar-refractivity contribution in [2.45, 2.75) is 25.8 Å². The van der Waals surface area contributed by atoms with Crippen LogP contribution in [0.2, 0.25) is 0 Å². The molecule has 2 aromatic rings. The zero-order valence-electron chi connectivity index (χ0n) is 11.2. The Bertz CT molecular complexity index is 555. The van der Waals surface area contributed by atoms with Crippen LogP contribution in [-0.2, 0) is 6.54 Å². The van der Waals surface area contributed by atoms with E-state index in [0.29, 0.717) is 12.0 Å². The lowest BCUT2D eigenvalue weighted by molar-refractivity contribution is 0.245. The van der Waals surface area contributed by atoms with Crippen molar-refractivity contribution in [3.8, 4) is 0 Å². The molecule has 100 valence electrons. The minimum absolute atomic E-state index is 0.315. The Morgan fingerprint density at radius 2 is 1.84 bits per heavy atom. The zero-order chi connectivity index (χ0) is 13.1. The maximum atomic E-state index is 9.07. The third kappa shape index (κ3) is 2.80. The average molecular weight is 255 g/mol. The first-order chi connectivity index (χ1) is 9.33. The first kappa shape index (κ1) is 12.6. The van der Waals surface area contributed by atoms with Crippen LogP contribution in [0.3, 0.4) is 0 Å². The predicted molar refractivity (Wildman–Crippen MR) is 79.0 cm³/mol. The molecule has 1 aliphatic carbocycles. The normalized spacial score (nSPS) is 16.7. The Kier molecular flexibility index (Phi) is 3.54. The minimum Gasteiger partial charge on any atom is -0.396 e. The second-order valence-corrected chi connectivity index (χ2v) is 5.72. The summed E-state index contributed by atoms with van der Waals surface area (Å²) in [6.07, 6.45) is 3.46. The molecule has 0 atom stereocenters. The number of fused-ring (bicyclic) bond motifs is 1. The van der Waals surface area contributed by atoms with E-state index < -0.39 is 0 Å². The lowest BCUT2D eigenvalue weighted by atomic mass is 10.0. The van der Waals surface area contributed by atoms with Crippen LogP contribution in [0.4, 0.5) is 0 Å². The highest BCUT2D eigenvalue weighted by Crippen LogP contribution is 2.47. The van der Waals surface area contributed by atoms with Gasteiger partial charge in [0.25, 0.3) is 0 Å². The topological polar surface area (TPSA) is 32.3 Å². The van der Waals surface area contributed by atoms with Gasteiger partial charge in [-0.2, -0.15) is 0 Å². The van der Waals surface area contributed by atoms with E-state index in [2.05, 4.69) is 47.8 Å². The largest absolute Gasteiger partial charge is 0.396 e. The van der Waals surface area contributed by atoms with Crippen molar-refractivity contribution in [1.82, 2.24) is 5.32 Å². The fraction of sp³-hybridized carbons (Fsp3) is 0.412. The summed E-state index contributed by atoms with van der Waals surface area (Å²) in [5, 5.41) is 15.3. The lowest BCUT2D eigenvalue weighted by Gasteiger charge is -2.15. The van der Waals surface area contributed by atoms with E-state index in [1.165, 1.54) is 29.2 Å². The Labute approximate surface area is 114 Å². The van der Waals surface area contributed by atoms with E-state index in [0.717, 1.165) is 19.5 Å². The number of nitrogens with one attached hydrogen (secondary N) is 1. The highest BCUT2D eigenvalue weighted by atomic mass is 16.3. The molecule has 2 aromatic carbocycles. The molecule has 0 heterocycles. The van der Waals surface area contributed by atoms with Crippen LogP contribution in [0.1, 0.15) is 24.8 Å². The molecule has 0 bridgehead atoms. The predicted octanol–water partition coefficient (Wildman–Crippen LogP) is 3.09. The van der Waals surface area contributed by atoms with Gasteiger partial charge in [-0.05, 0) is 41.0 Å². The molecule has 19 heavy (non-hydrogen) atoms. The van der Waals surface area contributed by atoms with E-state index in [9.17, 15) is 0 Å². The van der Waals surface area contributed by atoms with E-state index >= 15 is 0 Å². The molecule has 3 rings (SSSR count). The summed E-state index contributed by atoms with van der Waals surface area (Å²) in [5.74, 6) is 0. The summed E-state index contributed by atoms with van der Waals surface area (Å²) in [6.45, 7) is 2.25. The Morgan fingerprint density at radius 3 is 2.63 bits per heavy atom. The van der Waals surface area contributed by atoms with Gasteiger partial charge in [0.15, 0.2) is 0 Å². The Balaban J connectivity index is 1.66.